The molecule has 0 saturated carbocycles. The average Bonchev–Trinajstić information content (AvgIpc) is 3.53. The summed E-state index contributed by atoms with van der Waals surface area (Å²) in [6, 6.07) is 14.0. The molecule has 0 aliphatic carbocycles. The highest BCUT2D eigenvalue weighted by molar-refractivity contribution is 6.35. The van der Waals surface area contributed by atoms with Crippen LogP contribution in [-0.2, 0) is 14.3 Å². The van der Waals surface area contributed by atoms with Crippen molar-refractivity contribution in [2.75, 3.05) is 50.8 Å². The van der Waals surface area contributed by atoms with E-state index in [1.54, 1.807) is 6.26 Å². The maximum atomic E-state index is 12.3. The lowest BCUT2D eigenvalue weighted by Crippen LogP contribution is -2.51. The Kier molecular flexibility index (Phi) is 7.22. The van der Waals surface area contributed by atoms with Gasteiger partial charge in [-0.05, 0) is 37.1 Å². The van der Waals surface area contributed by atoms with Crippen LogP contribution >= 0.6 is 0 Å². The van der Waals surface area contributed by atoms with Crippen LogP contribution in [-0.4, -0.2) is 68.7 Å². The number of ether oxygens (including phenoxy) is 1. The first-order valence-corrected chi connectivity index (χ1v) is 11.0. The molecule has 2 aliphatic heterocycles. The molecule has 1 aromatic heterocycles. The van der Waals surface area contributed by atoms with Gasteiger partial charge in [0.25, 0.3) is 0 Å². The first-order chi connectivity index (χ1) is 15.2. The van der Waals surface area contributed by atoms with E-state index in [4.69, 9.17) is 9.15 Å². The van der Waals surface area contributed by atoms with Crippen LogP contribution in [0.25, 0.3) is 0 Å². The van der Waals surface area contributed by atoms with Gasteiger partial charge in [0, 0.05) is 51.6 Å². The van der Waals surface area contributed by atoms with Gasteiger partial charge < -0.3 is 24.7 Å². The Bertz CT molecular complexity index is 829. The van der Waals surface area contributed by atoms with Crippen molar-refractivity contribution < 1.29 is 18.7 Å². The first-order valence-electron chi connectivity index (χ1n) is 11.0. The molecule has 3 heterocycles. The van der Waals surface area contributed by atoms with Crippen molar-refractivity contribution in [1.82, 2.24) is 15.5 Å². The highest BCUT2D eigenvalue weighted by Gasteiger charge is 2.28. The summed E-state index contributed by atoms with van der Waals surface area (Å²) >= 11 is 0. The highest BCUT2D eigenvalue weighted by Crippen LogP contribution is 2.24. The van der Waals surface area contributed by atoms with E-state index in [-0.39, 0.29) is 12.1 Å². The SMILES string of the molecule is O=C(NC[C@@H]1CCCO1)C(=O)NC[C@H](c1ccco1)N1CCN(c2ccccc2)CC1. The summed E-state index contributed by atoms with van der Waals surface area (Å²) in [5.74, 6) is -0.465. The molecule has 0 spiro atoms. The zero-order chi connectivity index (χ0) is 21.5. The molecule has 2 fully saturated rings. The monoisotopic (exact) mass is 426 g/mol. The number of furan rings is 1. The summed E-state index contributed by atoms with van der Waals surface area (Å²) in [5, 5.41) is 5.45. The largest absolute Gasteiger partial charge is 0.468 e. The van der Waals surface area contributed by atoms with Crippen molar-refractivity contribution in [2.24, 2.45) is 0 Å². The molecular formula is C23H30N4O4. The van der Waals surface area contributed by atoms with E-state index in [2.05, 4.69) is 32.6 Å². The third-order valence-corrected chi connectivity index (χ3v) is 5.92. The van der Waals surface area contributed by atoms with Gasteiger partial charge in [-0.15, -0.1) is 0 Å². The number of anilines is 1. The number of amides is 2. The van der Waals surface area contributed by atoms with Crippen LogP contribution in [0.4, 0.5) is 5.69 Å². The number of benzene rings is 1. The van der Waals surface area contributed by atoms with Crippen molar-refractivity contribution >= 4 is 17.5 Å². The minimum absolute atomic E-state index is 0.00790. The molecular weight excluding hydrogens is 396 g/mol. The van der Waals surface area contributed by atoms with E-state index in [1.165, 1.54) is 5.69 Å². The Balaban J connectivity index is 1.30. The number of nitrogens with one attached hydrogen (secondary N) is 2. The molecule has 31 heavy (non-hydrogen) atoms. The second-order valence-electron chi connectivity index (χ2n) is 7.94. The molecule has 0 bridgehead atoms. The predicted octanol–water partition coefficient (Wildman–Crippen LogP) is 1.55. The van der Waals surface area contributed by atoms with E-state index >= 15 is 0 Å². The van der Waals surface area contributed by atoms with Crippen molar-refractivity contribution in [2.45, 2.75) is 25.0 Å². The number of hydrogen-bond donors (Lipinski definition) is 2. The van der Waals surface area contributed by atoms with E-state index in [0.717, 1.165) is 51.4 Å². The summed E-state index contributed by atoms with van der Waals surface area (Å²) in [5.41, 5.74) is 1.22. The summed E-state index contributed by atoms with van der Waals surface area (Å²) in [6.07, 6.45) is 3.55. The van der Waals surface area contributed by atoms with Crippen LogP contribution in [0.1, 0.15) is 24.6 Å². The van der Waals surface area contributed by atoms with E-state index in [9.17, 15) is 9.59 Å². The fourth-order valence-corrected chi connectivity index (χ4v) is 4.18. The number of hydrogen-bond acceptors (Lipinski definition) is 6. The number of carbonyl (C=O) groups is 2. The van der Waals surface area contributed by atoms with Gasteiger partial charge >= 0.3 is 11.8 Å². The topological polar surface area (TPSA) is 87.0 Å². The minimum Gasteiger partial charge on any atom is -0.468 e. The smallest absolute Gasteiger partial charge is 0.309 e. The van der Waals surface area contributed by atoms with Crippen LogP contribution in [0, 0.1) is 0 Å². The van der Waals surface area contributed by atoms with Crippen LogP contribution in [0.2, 0.25) is 0 Å². The lowest BCUT2D eigenvalue weighted by atomic mass is 10.1. The number of piperazine rings is 1. The third-order valence-electron chi connectivity index (χ3n) is 5.92. The van der Waals surface area contributed by atoms with E-state index < -0.39 is 11.8 Å². The first kappa shape index (κ1) is 21.4. The van der Waals surface area contributed by atoms with Crippen molar-refractivity contribution in [3.05, 3.63) is 54.5 Å². The summed E-state index contributed by atoms with van der Waals surface area (Å²) in [6.45, 7) is 4.84. The molecule has 2 amide bonds. The normalized spacial score (nSPS) is 20.4. The fourth-order valence-electron chi connectivity index (χ4n) is 4.18. The maximum Gasteiger partial charge on any atom is 0.309 e. The summed E-state index contributed by atoms with van der Waals surface area (Å²) in [7, 11) is 0. The number of carbonyl (C=O) groups excluding carboxylic acids is 2. The quantitative estimate of drug-likeness (QED) is 0.654. The van der Waals surface area contributed by atoms with Gasteiger partial charge in [-0.3, -0.25) is 14.5 Å². The zero-order valence-corrected chi connectivity index (χ0v) is 17.7. The van der Waals surface area contributed by atoms with Gasteiger partial charge in [-0.2, -0.15) is 0 Å². The Hall–Kier alpha value is -2.84. The number of nitrogens with zero attached hydrogens (tertiary/aromatic N) is 2. The lowest BCUT2D eigenvalue weighted by molar-refractivity contribution is -0.139. The van der Waals surface area contributed by atoms with E-state index in [0.29, 0.717) is 13.1 Å². The van der Waals surface area contributed by atoms with Gasteiger partial charge in [0.05, 0.1) is 18.4 Å². The van der Waals surface area contributed by atoms with Gasteiger partial charge in [-0.25, -0.2) is 0 Å². The lowest BCUT2D eigenvalue weighted by Gasteiger charge is -2.39. The van der Waals surface area contributed by atoms with Crippen LogP contribution < -0.4 is 15.5 Å². The maximum absolute atomic E-state index is 12.3. The van der Waals surface area contributed by atoms with Crippen molar-refractivity contribution in [1.29, 1.82) is 0 Å². The second kappa shape index (κ2) is 10.5. The minimum atomic E-state index is -0.627. The Morgan fingerprint density at radius 2 is 1.77 bits per heavy atom. The summed E-state index contributed by atoms with van der Waals surface area (Å²) < 4.78 is 11.1. The molecule has 2 N–H and O–H groups in total. The standard InChI is InChI=1S/C23H30N4O4/c28-22(24-16-19-8-4-14-30-19)23(29)25-17-20(21-9-5-15-31-21)27-12-10-26(11-13-27)18-6-2-1-3-7-18/h1-3,5-7,9,15,19-20H,4,8,10-14,16-17H2,(H,24,28)(H,25,29)/t19-,20+/m0/s1. The number of para-hydroxylation sites is 1. The molecule has 0 radical (unpaired) electrons. The Labute approximate surface area is 182 Å². The third kappa shape index (κ3) is 5.65. The van der Waals surface area contributed by atoms with Crippen LogP contribution in [0.3, 0.4) is 0 Å². The highest BCUT2D eigenvalue weighted by atomic mass is 16.5. The molecule has 8 nitrogen and oxygen atoms in total. The fraction of sp³-hybridized carbons (Fsp3) is 0.478. The van der Waals surface area contributed by atoms with Crippen LogP contribution in [0.5, 0.6) is 0 Å². The van der Waals surface area contributed by atoms with E-state index in [1.807, 2.05) is 30.3 Å². The van der Waals surface area contributed by atoms with Gasteiger partial charge in [-0.1, -0.05) is 18.2 Å². The predicted molar refractivity (Wildman–Crippen MR) is 117 cm³/mol. The van der Waals surface area contributed by atoms with Gasteiger partial charge in [0.15, 0.2) is 0 Å². The Morgan fingerprint density at radius 3 is 2.45 bits per heavy atom. The molecule has 2 atom stereocenters. The van der Waals surface area contributed by atoms with Crippen LogP contribution in [0.15, 0.2) is 53.1 Å². The van der Waals surface area contributed by atoms with Crippen molar-refractivity contribution in [3.63, 3.8) is 0 Å². The molecule has 2 saturated heterocycles. The van der Waals surface area contributed by atoms with Gasteiger partial charge in [0.2, 0.25) is 0 Å². The van der Waals surface area contributed by atoms with Gasteiger partial charge in [0.1, 0.15) is 5.76 Å². The van der Waals surface area contributed by atoms with Crippen molar-refractivity contribution in [3.8, 4) is 0 Å². The molecule has 166 valence electrons. The second-order valence-corrected chi connectivity index (χ2v) is 7.94. The molecule has 0 unspecified atom stereocenters. The molecule has 2 aliphatic rings. The molecule has 2 aromatic rings. The molecule has 4 rings (SSSR count). The average molecular weight is 427 g/mol. The summed E-state index contributed by atoms with van der Waals surface area (Å²) in [4.78, 5) is 29.1. The Morgan fingerprint density at radius 1 is 1.00 bits per heavy atom. The molecule has 1 aromatic carbocycles. The number of rotatable bonds is 7. The zero-order valence-electron chi connectivity index (χ0n) is 17.7. The molecule has 8 heteroatoms.